The average molecular weight is 285 g/mol. The van der Waals surface area contributed by atoms with Gasteiger partial charge in [-0.25, -0.2) is 0 Å². The van der Waals surface area contributed by atoms with Crippen LogP contribution < -0.4 is 10.5 Å². The molecule has 0 saturated heterocycles. The van der Waals surface area contributed by atoms with Crippen LogP contribution in [-0.2, 0) is 4.79 Å². The maximum atomic E-state index is 11.9. The van der Waals surface area contributed by atoms with E-state index in [1.165, 1.54) is 0 Å². The third-order valence-corrected chi connectivity index (χ3v) is 3.02. The monoisotopic (exact) mass is 284 g/mol. The smallest absolute Gasteiger partial charge is 0.239 e. The summed E-state index contributed by atoms with van der Waals surface area (Å²) >= 11 is 5.85. The van der Waals surface area contributed by atoms with Gasteiger partial charge < -0.3 is 15.4 Å². The normalized spacial score (nSPS) is 12.0. The Morgan fingerprint density at radius 2 is 2.26 bits per heavy atom. The summed E-state index contributed by atoms with van der Waals surface area (Å²) in [7, 11) is 1.74. The number of nitrogens with zero attached hydrogens (tertiary/aromatic N) is 1. The molecule has 1 aromatic rings. The molecular weight excluding hydrogens is 264 g/mol. The molecule has 19 heavy (non-hydrogen) atoms. The van der Waals surface area contributed by atoms with E-state index in [0.717, 1.165) is 6.42 Å². The van der Waals surface area contributed by atoms with Gasteiger partial charge in [-0.3, -0.25) is 4.79 Å². The zero-order valence-electron chi connectivity index (χ0n) is 11.4. The molecule has 0 aromatic heterocycles. The van der Waals surface area contributed by atoms with Crippen LogP contribution in [0, 0.1) is 0 Å². The van der Waals surface area contributed by atoms with Crippen LogP contribution in [0.4, 0.5) is 0 Å². The lowest BCUT2D eigenvalue weighted by molar-refractivity contribution is -0.131. The number of benzene rings is 1. The van der Waals surface area contributed by atoms with Gasteiger partial charge in [-0.05, 0) is 24.6 Å². The molecule has 0 saturated carbocycles. The average Bonchev–Trinajstić information content (AvgIpc) is 2.38. The van der Waals surface area contributed by atoms with Gasteiger partial charge in [-0.15, -0.1) is 0 Å². The molecule has 0 heterocycles. The van der Waals surface area contributed by atoms with Crippen molar-refractivity contribution in [3.05, 3.63) is 29.3 Å². The first-order valence-corrected chi connectivity index (χ1v) is 6.81. The van der Waals surface area contributed by atoms with Crippen molar-refractivity contribution in [2.75, 3.05) is 20.2 Å². The third-order valence-electron chi connectivity index (χ3n) is 2.78. The molecule has 0 fully saturated rings. The Balaban J connectivity index is 2.34. The first-order chi connectivity index (χ1) is 9.04. The Labute approximate surface area is 119 Å². The predicted octanol–water partition coefficient (Wildman–Crippen LogP) is 2.30. The number of nitrogens with two attached hydrogens (primary N) is 1. The minimum atomic E-state index is -0.416. The summed E-state index contributed by atoms with van der Waals surface area (Å²) in [5.74, 6) is 0.655. The lowest BCUT2D eigenvalue weighted by atomic mass is 10.1. The lowest BCUT2D eigenvalue weighted by Crippen LogP contribution is -2.43. The second-order valence-electron chi connectivity index (χ2n) is 4.46. The van der Waals surface area contributed by atoms with Crippen LogP contribution >= 0.6 is 11.6 Å². The van der Waals surface area contributed by atoms with E-state index < -0.39 is 6.04 Å². The van der Waals surface area contributed by atoms with E-state index in [1.54, 1.807) is 24.1 Å². The number of halogens is 1. The quantitative estimate of drug-likeness (QED) is 0.836. The largest absolute Gasteiger partial charge is 0.492 e. The molecule has 5 heteroatoms. The number of ether oxygens (including phenoxy) is 1. The van der Waals surface area contributed by atoms with Crippen molar-refractivity contribution in [3.63, 3.8) is 0 Å². The summed E-state index contributed by atoms with van der Waals surface area (Å²) in [4.78, 5) is 13.5. The fraction of sp³-hybridized carbons (Fsp3) is 0.500. The molecule has 0 unspecified atom stereocenters. The molecule has 0 aliphatic heterocycles. The zero-order valence-corrected chi connectivity index (χ0v) is 12.2. The van der Waals surface area contributed by atoms with Crippen molar-refractivity contribution in [2.45, 2.75) is 25.8 Å². The molecule has 106 valence electrons. The second kappa shape index (κ2) is 8.02. The number of amides is 1. The molecule has 1 amide bonds. The molecule has 1 rings (SSSR count). The summed E-state index contributed by atoms with van der Waals surface area (Å²) in [5.41, 5.74) is 5.78. The second-order valence-corrected chi connectivity index (χ2v) is 4.90. The molecule has 1 aromatic carbocycles. The molecular formula is C14H21ClN2O2. The molecule has 1 atom stereocenters. The first kappa shape index (κ1) is 15.8. The van der Waals surface area contributed by atoms with Gasteiger partial charge in [0.1, 0.15) is 12.4 Å². The minimum Gasteiger partial charge on any atom is -0.492 e. The molecule has 2 N–H and O–H groups in total. The van der Waals surface area contributed by atoms with Crippen LogP contribution in [0.3, 0.4) is 0 Å². The van der Waals surface area contributed by atoms with Crippen LogP contribution in [-0.4, -0.2) is 37.0 Å². The summed E-state index contributed by atoms with van der Waals surface area (Å²) in [6, 6.07) is 6.77. The maximum Gasteiger partial charge on any atom is 0.239 e. The summed E-state index contributed by atoms with van der Waals surface area (Å²) in [6.07, 6.45) is 1.61. The number of rotatable bonds is 7. The molecule has 0 radical (unpaired) electrons. The molecule has 0 aliphatic carbocycles. The van der Waals surface area contributed by atoms with E-state index in [2.05, 4.69) is 0 Å². The van der Waals surface area contributed by atoms with Gasteiger partial charge in [0.25, 0.3) is 0 Å². The lowest BCUT2D eigenvalue weighted by Gasteiger charge is -2.21. The van der Waals surface area contributed by atoms with Crippen LogP contribution in [0.1, 0.15) is 19.8 Å². The van der Waals surface area contributed by atoms with E-state index in [-0.39, 0.29) is 5.91 Å². The summed E-state index contributed by atoms with van der Waals surface area (Å²) < 4.78 is 5.53. The fourth-order valence-corrected chi connectivity index (χ4v) is 1.87. The van der Waals surface area contributed by atoms with Crippen molar-refractivity contribution < 1.29 is 9.53 Å². The van der Waals surface area contributed by atoms with E-state index in [4.69, 9.17) is 22.1 Å². The number of carbonyl (C=O) groups is 1. The van der Waals surface area contributed by atoms with Crippen molar-refractivity contribution in [1.29, 1.82) is 0 Å². The van der Waals surface area contributed by atoms with Gasteiger partial charge in [0.2, 0.25) is 5.91 Å². The van der Waals surface area contributed by atoms with E-state index in [0.29, 0.717) is 30.3 Å². The van der Waals surface area contributed by atoms with E-state index >= 15 is 0 Å². The fourth-order valence-electron chi connectivity index (χ4n) is 1.68. The van der Waals surface area contributed by atoms with Crippen molar-refractivity contribution in [1.82, 2.24) is 4.90 Å². The van der Waals surface area contributed by atoms with Gasteiger partial charge in [0.15, 0.2) is 0 Å². The van der Waals surface area contributed by atoms with Gasteiger partial charge in [-0.2, -0.15) is 0 Å². The highest BCUT2D eigenvalue weighted by Gasteiger charge is 2.16. The molecule has 4 nitrogen and oxygen atoms in total. The Hall–Kier alpha value is -1.26. The number of carbonyl (C=O) groups excluding carboxylic acids is 1. The first-order valence-electron chi connectivity index (χ1n) is 6.43. The topological polar surface area (TPSA) is 55.6 Å². The summed E-state index contributed by atoms with van der Waals surface area (Å²) in [5, 5.41) is 0.631. The van der Waals surface area contributed by atoms with Crippen molar-refractivity contribution in [2.24, 2.45) is 5.73 Å². The number of hydrogen-bond donors (Lipinski definition) is 1. The molecule has 0 aliphatic rings. The standard InChI is InChI=1S/C14H21ClN2O2/c1-3-5-13(16)14(18)17(2)8-9-19-12-7-4-6-11(15)10-12/h4,6-7,10,13H,3,5,8-9,16H2,1-2H3/t13-/m0/s1. The number of hydrogen-bond acceptors (Lipinski definition) is 3. The Morgan fingerprint density at radius 1 is 1.53 bits per heavy atom. The van der Waals surface area contributed by atoms with Gasteiger partial charge in [0, 0.05) is 12.1 Å². The van der Waals surface area contributed by atoms with Gasteiger partial charge in [0.05, 0.1) is 12.6 Å². The van der Waals surface area contributed by atoms with E-state index in [9.17, 15) is 4.79 Å². The SMILES string of the molecule is CCC[C@H](N)C(=O)N(C)CCOc1cccc(Cl)c1. The van der Waals surface area contributed by atoms with Crippen molar-refractivity contribution >= 4 is 17.5 Å². The predicted molar refractivity (Wildman–Crippen MR) is 77.5 cm³/mol. The van der Waals surface area contributed by atoms with E-state index in [1.807, 2.05) is 19.1 Å². The summed E-state index contributed by atoms with van der Waals surface area (Å²) in [6.45, 7) is 2.93. The third kappa shape index (κ3) is 5.49. The van der Waals surface area contributed by atoms with Crippen LogP contribution in [0.2, 0.25) is 5.02 Å². The number of likely N-dealkylation sites (N-methyl/N-ethyl adjacent to an activating group) is 1. The maximum absolute atomic E-state index is 11.9. The highest BCUT2D eigenvalue weighted by molar-refractivity contribution is 6.30. The Morgan fingerprint density at radius 3 is 2.89 bits per heavy atom. The van der Waals surface area contributed by atoms with Crippen molar-refractivity contribution in [3.8, 4) is 5.75 Å². The highest BCUT2D eigenvalue weighted by Crippen LogP contribution is 2.16. The Bertz CT molecular complexity index is 412. The highest BCUT2D eigenvalue weighted by atomic mass is 35.5. The van der Waals surface area contributed by atoms with Crippen LogP contribution in [0.5, 0.6) is 5.75 Å². The van der Waals surface area contributed by atoms with Gasteiger partial charge >= 0.3 is 0 Å². The molecule has 0 bridgehead atoms. The van der Waals surface area contributed by atoms with Crippen LogP contribution in [0.25, 0.3) is 0 Å². The van der Waals surface area contributed by atoms with Crippen LogP contribution in [0.15, 0.2) is 24.3 Å². The Kier molecular flexibility index (Phi) is 6.67. The zero-order chi connectivity index (χ0) is 14.3. The van der Waals surface area contributed by atoms with Gasteiger partial charge in [-0.1, -0.05) is 31.0 Å². The molecule has 0 spiro atoms. The minimum absolute atomic E-state index is 0.0449.